The van der Waals surface area contributed by atoms with E-state index in [4.69, 9.17) is 10.5 Å². The van der Waals surface area contributed by atoms with E-state index in [1.165, 1.54) is 17.2 Å². The Morgan fingerprint density at radius 1 is 1.03 bits per heavy atom. The molecule has 0 aliphatic heterocycles. The van der Waals surface area contributed by atoms with E-state index in [0.29, 0.717) is 29.9 Å². The maximum atomic E-state index is 13.8. The van der Waals surface area contributed by atoms with Gasteiger partial charge in [0.25, 0.3) is 0 Å². The zero-order valence-electron chi connectivity index (χ0n) is 18.8. The molecule has 6 heteroatoms. The maximum absolute atomic E-state index is 13.8. The minimum atomic E-state index is -4.41. The lowest BCUT2D eigenvalue weighted by Gasteiger charge is -2.25. The molecule has 0 amide bonds. The predicted molar refractivity (Wildman–Crippen MR) is 124 cm³/mol. The third-order valence-electron chi connectivity index (χ3n) is 7.57. The molecule has 0 bridgehead atoms. The van der Waals surface area contributed by atoms with Crippen LogP contribution in [0, 0.1) is 5.92 Å². The minimum absolute atomic E-state index is 0.239. The molecule has 3 nitrogen and oxygen atoms in total. The van der Waals surface area contributed by atoms with Crippen LogP contribution in [-0.2, 0) is 25.6 Å². The fourth-order valence-electron chi connectivity index (χ4n) is 5.72. The second kappa shape index (κ2) is 7.70. The molecule has 0 spiro atoms. The number of pyridine rings is 1. The molecule has 34 heavy (non-hydrogen) atoms. The summed E-state index contributed by atoms with van der Waals surface area (Å²) in [5.41, 5.74) is 12.7. The highest BCUT2D eigenvalue weighted by molar-refractivity contribution is 5.86. The van der Waals surface area contributed by atoms with E-state index in [1.807, 2.05) is 37.4 Å². The van der Waals surface area contributed by atoms with E-state index >= 15 is 0 Å². The highest BCUT2D eigenvalue weighted by Gasteiger charge is 2.53. The van der Waals surface area contributed by atoms with Crippen LogP contribution in [0.25, 0.3) is 5.57 Å². The van der Waals surface area contributed by atoms with Gasteiger partial charge < -0.3 is 10.5 Å². The molecule has 2 aromatic carbocycles. The van der Waals surface area contributed by atoms with E-state index in [9.17, 15) is 13.2 Å². The van der Waals surface area contributed by atoms with E-state index in [1.54, 1.807) is 12.1 Å². The molecule has 6 rings (SSSR count). The van der Waals surface area contributed by atoms with E-state index in [2.05, 4.69) is 4.98 Å². The van der Waals surface area contributed by atoms with E-state index in [0.717, 1.165) is 47.6 Å². The molecule has 0 saturated heterocycles. The molecule has 1 aromatic heterocycles. The quantitative estimate of drug-likeness (QED) is 0.514. The van der Waals surface area contributed by atoms with Gasteiger partial charge in [-0.25, -0.2) is 4.98 Å². The van der Waals surface area contributed by atoms with Crippen molar-refractivity contribution in [3.05, 3.63) is 99.2 Å². The standard InChI is InChI=1S/C28H25F3N2O/c1-15-6-8-17-9-7-16(10-20(17)25(15)19-4-2-3-5-23(19)28(29,30)31)14-34-24-12-18-11-21-26(27(21)32)22(18)13-33-24/h2-5,7,9-10,12-13,21,26-27H,6,8,11,14,32H2,1H3. The second-order valence-electron chi connectivity index (χ2n) is 9.67. The van der Waals surface area contributed by atoms with Crippen LogP contribution in [-0.4, -0.2) is 11.0 Å². The summed E-state index contributed by atoms with van der Waals surface area (Å²) in [6, 6.07) is 14.1. The lowest BCUT2D eigenvalue weighted by molar-refractivity contribution is -0.137. The topological polar surface area (TPSA) is 48.1 Å². The fourth-order valence-corrected chi connectivity index (χ4v) is 5.72. The molecule has 3 atom stereocenters. The van der Waals surface area contributed by atoms with E-state index in [-0.39, 0.29) is 11.6 Å². The number of aryl methyl sites for hydroxylation is 1. The molecule has 1 fully saturated rings. The van der Waals surface area contributed by atoms with Crippen molar-refractivity contribution >= 4 is 5.57 Å². The molecule has 0 radical (unpaired) electrons. The van der Waals surface area contributed by atoms with Gasteiger partial charge in [0.15, 0.2) is 0 Å². The summed E-state index contributed by atoms with van der Waals surface area (Å²) >= 11 is 0. The summed E-state index contributed by atoms with van der Waals surface area (Å²) in [7, 11) is 0. The number of nitrogens with two attached hydrogens (primary N) is 1. The first-order chi connectivity index (χ1) is 16.3. The number of benzene rings is 2. The normalized spacial score (nSPS) is 22.8. The summed E-state index contributed by atoms with van der Waals surface area (Å²) in [4.78, 5) is 4.47. The summed E-state index contributed by atoms with van der Waals surface area (Å²) < 4.78 is 47.3. The van der Waals surface area contributed by atoms with Gasteiger partial charge in [-0.15, -0.1) is 0 Å². The Bertz CT molecular complexity index is 1330. The third kappa shape index (κ3) is 3.52. The molecule has 3 aliphatic rings. The molecular formula is C28H25F3N2O. The number of allylic oxidation sites excluding steroid dienone is 1. The Labute approximate surface area is 196 Å². The van der Waals surface area contributed by atoms with Crippen molar-refractivity contribution in [2.24, 2.45) is 11.7 Å². The zero-order valence-corrected chi connectivity index (χ0v) is 18.8. The summed E-state index contributed by atoms with van der Waals surface area (Å²) in [5, 5.41) is 0. The molecule has 3 aromatic rings. The van der Waals surface area contributed by atoms with Crippen molar-refractivity contribution in [1.29, 1.82) is 0 Å². The maximum Gasteiger partial charge on any atom is 0.417 e. The smallest absolute Gasteiger partial charge is 0.417 e. The van der Waals surface area contributed by atoms with Crippen LogP contribution in [0.15, 0.2) is 60.3 Å². The lowest BCUT2D eigenvalue weighted by atomic mass is 9.80. The van der Waals surface area contributed by atoms with Crippen LogP contribution in [0.3, 0.4) is 0 Å². The largest absolute Gasteiger partial charge is 0.473 e. The Kier molecular flexibility index (Phi) is 4.85. The van der Waals surface area contributed by atoms with Gasteiger partial charge in [0.2, 0.25) is 5.88 Å². The van der Waals surface area contributed by atoms with Crippen LogP contribution >= 0.6 is 0 Å². The highest BCUT2D eigenvalue weighted by atomic mass is 19.4. The highest BCUT2D eigenvalue weighted by Crippen LogP contribution is 2.55. The molecule has 3 aliphatic carbocycles. The van der Waals surface area contributed by atoms with Crippen LogP contribution in [0.1, 0.15) is 58.2 Å². The van der Waals surface area contributed by atoms with Crippen LogP contribution in [0.2, 0.25) is 0 Å². The third-order valence-corrected chi connectivity index (χ3v) is 7.57. The number of aromatic nitrogens is 1. The van der Waals surface area contributed by atoms with Gasteiger partial charge in [-0.05, 0) is 83.2 Å². The zero-order chi connectivity index (χ0) is 23.6. The molecule has 1 heterocycles. The first-order valence-electron chi connectivity index (χ1n) is 11.7. The summed E-state index contributed by atoms with van der Waals surface area (Å²) in [5.74, 6) is 1.56. The molecule has 1 saturated carbocycles. The first kappa shape index (κ1) is 21.4. The Hall–Kier alpha value is -3.12. The van der Waals surface area contributed by atoms with Crippen molar-refractivity contribution in [1.82, 2.24) is 4.98 Å². The van der Waals surface area contributed by atoms with Crippen molar-refractivity contribution < 1.29 is 17.9 Å². The lowest BCUT2D eigenvalue weighted by Crippen LogP contribution is -2.13. The first-order valence-corrected chi connectivity index (χ1v) is 11.7. The van der Waals surface area contributed by atoms with Crippen molar-refractivity contribution in [3.63, 3.8) is 0 Å². The van der Waals surface area contributed by atoms with Gasteiger partial charge in [0, 0.05) is 24.2 Å². The number of hydrogen-bond acceptors (Lipinski definition) is 3. The van der Waals surface area contributed by atoms with Gasteiger partial charge >= 0.3 is 6.18 Å². The average molecular weight is 463 g/mol. The Morgan fingerprint density at radius 3 is 2.68 bits per heavy atom. The Morgan fingerprint density at radius 2 is 1.85 bits per heavy atom. The van der Waals surface area contributed by atoms with E-state index < -0.39 is 11.7 Å². The SMILES string of the molecule is CC1=C(c2ccccc2C(F)(F)F)c2cc(COc3cc4c(cn3)C3C(N)C3C4)ccc2CC1. The number of alkyl halides is 3. The summed E-state index contributed by atoms with van der Waals surface area (Å²) in [6.07, 6.45) is 0.0100. The molecule has 2 N–H and O–H groups in total. The van der Waals surface area contributed by atoms with Crippen molar-refractivity contribution in [3.8, 4) is 5.88 Å². The predicted octanol–water partition coefficient (Wildman–Crippen LogP) is 6.04. The number of halogens is 3. The van der Waals surface area contributed by atoms with Crippen LogP contribution < -0.4 is 10.5 Å². The fraction of sp³-hybridized carbons (Fsp3) is 0.321. The number of hydrogen-bond donors (Lipinski definition) is 1. The Balaban J connectivity index is 1.29. The average Bonchev–Trinajstić information content (AvgIpc) is 3.27. The second-order valence-corrected chi connectivity index (χ2v) is 9.67. The molecule has 174 valence electrons. The number of nitrogens with zero attached hydrogens (tertiary/aromatic N) is 1. The summed E-state index contributed by atoms with van der Waals surface area (Å²) in [6.45, 7) is 2.23. The number of fused-ring (bicyclic) bond motifs is 4. The van der Waals surface area contributed by atoms with Gasteiger partial charge in [-0.3, -0.25) is 0 Å². The van der Waals surface area contributed by atoms with Gasteiger partial charge in [-0.2, -0.15) is 13.2 Å². The van der Waals surface area contributed by atoms with Crippen molar-refractivity contribution in [2.45, 2.75) is 50.9 Å². The van der Waals surface area contributed by atoms with Crippen molar-refractivity contribution in [2.75, 3.05) is 0 Å². The number of rotatable bonds is 4. The number of ether oxygens (including phenoxy) is 1. The van der Waals surface area contributed by atoms with Gasteiger partial charge in [-0.1, -0.05) is 35.9 Å². The van der Waals surface area contributed by atoms with Crippen LogP contribution in [0.5, 0.6) is 5.88 Å². The molecular weight excluding hydrogens is 437 g/mol. The minimum Gasteiger partial charge on any atom is -0.473 e. The molecule has 3 unspecified atom stereocenters. The van der Waals surface area contributed by atoms with Crippen LogP contribution in [0.4, 0.5) is 13.2 Å². The van der Waals surface area contributed by atoms with Gasteiger partial charge in [0.05, 0.1) is 5.56 Å². The monoisotopic (exact) mass is 462 g/mol. The van der Waals surface area contributed by atoms with Gasteiger partial charge in [0.1, 0.15) is 6.61 Å².